The number of rotatable bonds is 12. The lowest BCUT2D eigenvalue weighted by atomic mass is 9.44. The summed E-state index contributed by atoms with van der Waals surface area (Å²) in [6.45, 7) is 11.2. The van der Waals surface area contributed by atoms with Crippen molar-refractivity contribution in [3.8, 4) is 0 Å². The van der Waals surface area contributed by atoms with Crippen molar-refractivity contribution >= 4 is 29.5 Å². The minimum atomic E-state index is -1.04. The molecule has 4 N–H and O–H groups in total. The standard InChI is InChI=1S/C34H58N2O5S/c1-20(2)30(31(39)35-28(32(40)41)15-18-42-6)36-29(38)12-7-21(3)25-10-11-26-24-9-8-22-19-23(37)13-16-33(22,4)27(24)14-17-34(25,26)5/h20-28,30,37H,7-19H2,1-6H3,(H,35,39)(H,36,38)(H,40,41)/t21?,22-,23-,24+,25-,26+,27+,28?,30?,33+,34-/m1/s1. The van der Waals surface area contributed by atoms with Crippen LogP contribution in [0.25, 0.3) is 0 Å². The Labute approximate surface area is 258 Å². The van der Waals surface area contributed by atoms with Gasteiger partial charge < -0.3 is 20.8 Å². The Morgan fingerprint density at radius 2 is 1.60 bits per heavy atom. The van der Waals surface area contributed by atoms with Gasteiger partial charge in [0.25, 0.3) is 0 Å². The molecular weight excluding hydrogens is 548 g/mol. The van der Waals surface area contributed by atoms with Gasteiger partial charge in [-0.05, 0) is 135 Å². The third-order valence-electron chi connectivity index (χ3n) is 12.7. The van der Waals surface area contributed by atoms with Crippen molar-refractivity contribution in [3.05, 3.63) is 0 Å². The van der Waals surface area contributed by atoms with Gasteiger partial charge in [-0.3, -0.25) is 9.59 Å². The Morgan fingerprint density at radius 3 is 2.26 bits per heavy atom. The maximum absolute atomic E-state index is 13.1. The van der Waals surface area contributed by atoms with Crippen molar-refractivity contribution in [1.82, 2.24) is 10.6 Å². The second-order valence-corrected chi connectivity index (χ2v) is 16.3. The first kappa shape index (κ1) is 33.6. The average Bonchev–Trinajstić information content (AvgIpc) is 3.29. The molecule has 4 aliphatic carbocycles. The van der Waals surface area contributed by atoms with E-state index >= 15 is 0 Å². The summed E-state index contributed by atoms with van der Waals surface area (Å²) in [5, 5.41) is 25.5. The highest BCUT2D eigenvalue weighted by atomic mass is 32.2. The van der Waals surface area contributed by atoms with Crippen LogP contribution in [0.5, 0.6) is 0 Å². The number of carboxylic acid groups (broad SMARTS) is 1. The van der Waals surface area contributed by atoms with Gasteiger partial charge in [-0.15, -0.1) is 0 Å². The molecule has 11 atom stereocenters. The molecule has 0 bridgehead atoms. The van der Waals surface area contributed by atoms with E-state index in [1.54, 1.807) is 11.8 Å². The summed E-state index contributed by atoms with van der Waals surface area (Å²) in [4.78, 5) is 37.7. The molecule has 7 nitrogen and oxygen atoms in total. The monoisotopic (exact) mass is 606 g/mol. The number of nitrogens with one attached hydrogen (secondary N) is 2. The van der Waals surface area contributed by atoms with Gasteiger partial charge in [-0.25, -0.2) is 4.79 Å². The van der Waals surface area contributed by atoms with Crippen LogP contribution in [-0.2, 0) is 14.4 Å². The van der Waals surface area contributed by atoms with Gasteiger partial charge in [-0.1, -0.05) is 34.6 Å². The fourth-order valence-electron chi connectivity index (χ4n) is 10.3. The molecule has 0 radical (unpaired) electrons. The van der Waals surface area contributed by atoms with Crippen LogP contribution in [0.3, 0.4) is 0 Å². The van der Waals surface area contributed by atoms with E-state index in [1.165, 1.54) is 44.9 Å². The number of hydrogen-bond donors (Lipinski definition) is 4. The summed E-state index contributed by atoms with van der Waals surface area (Å²) in [6.07, 6.45) is 14.2. The van der Waals surface area contributed by atoms with E-state index in [0.29, 0.717) is 47.2 Å². The zero-order valence-electron chi connectivity index (χ0n) is 27.0. The Kier molecular flexibility index (Phi) is 11.0. The van der Waals surface area contributed by atoms with Crippen molar-refractivity contribution in [2.45, 2.75) is 130 Å². The summed E-state index contributed by atoms with van der Waals surface area (Å²) in [7, 11) is 0. The molecule has 4 aliphatic rings. The number of hydrogen-bond acceptors (Lipinski definition) is 5. The lowest BCUT2D eigenvalue weighted by Crippen LogP contribution is -2.54. The third-order valence-corrected chi connectivity index (χ3v) is 13.4. The molecule has 42 heavy (non-hydrogen) atoms. The molecule has 0 heterocycles. The van der Waals surface area contributed by atoms with E-state index in [0.717, 1.165) is 37.0 Å². The van der Waals surface area contributed by atoms with E-state index in [4.69, 9.17) is 0 Å². The van der Waals surface area contributed by atoms with E-state index in [-0.39, 0.29) is 17.9 Å². The van der Waals surface area contributed by atoms with Crippen molar-refractivity contribution in [3.63, 3.8) is 0 Å². The second-order valence-electron chi connectivity index (χ2n) is 15.3. The number of thioether (sulfide) groups is 1. The minimum absolute atomic E-state index is 0.0979. The van der Waals surface area contributed by atoms with Gasteiger partial charge in [0, 0.05) is 6.42 Å². The van der Waals surface area contributed by atoms with Gasteiger partial charge in [0.15, 0.2) is 0 Å². The van der Waals surface area contributed by atoms with E-state index in [1.807, 2.05) is 20.1 Å². The number of carbonyl (C=O) groups is 3. The summed E-state index contributed by atoms with van der Waals surface area (Å²) in [5.41, 5.74) is 0.724. The number of aliphatic hydroxyl groups excluding tert-OH is 1. The third kappa shape index (κ3) is 6.84. The summed E-state index contributed by atoms with van der Waals surface area (Å²) in [6, 6.07) is -1.69. The molecule has 0 aromatic carbocycles. The number of aliphatic hydroxyl groups is 1. The molecular formula is C34H58N2O5S. The van der Waals surface area contributed by atoms with Crippen molar-refractivity contribution in [2.24, 2.45) is 52.3 Å². The van der Waals surface area contributed by atoms with E-state index < -0.39 is 24.0 Å². The first-order chi connectivity index (χ1) is 19.8. The van der Waals surface area contributed by atoms with Crippen LogP contribution in [0.2, 0.25) is 0 Å². The van der Waals surface area contributed by atoms with Crippen LogP contribution in [0, 0.1) is 52.3 Å². The quantitative estimate of drug-likeness (QED) is 0.220. The van der Waals surface area contributed by atoms with Gasteiger partial charge in [0.05, 0.1) is 6.10 Å². The molecule has 0 aromatic rings. The second kappa shape index (κ2) is 13.8. The van der Waals surface area contributed by atoms with Crippen molar-refractivity contribution in [2.75, 3.05) is 12.0 Å². The molecule has 0 aromatic heterocycles. The van der Waals surface area contributed by atoms with Crippen LogP contribution in [0.4, 0.5) is 0 Å². The number of aliphatic carboxylic acids is 1. The summed E-state index contributed by atoms with van der Waals surface area (Å²) >= 11 is 1.54. The average molecular weight is 607 g/mol. The number of carbonyl (C=O) groups excluding carboxylic acids is 2. The predicted octanol–water partition coefficient (Wildman–Crippen LogP) is 5.89. The molecule has 0 spiro atoms. The fraction of sp³-hybridized carbons (Fsp3) is 0.912. The van der Waals surface area contributed by atoms with Crippen molar-refractivity contribution < 1.29 is 24.6 Å². The largest absolute Gasteiger partial charge is 0.480 e. The molecule has 4 fully saturated rings. The highest BCUT2D eigenvalue weighted by molar-refractivity contribution is 7.98. The summed E-state index contributed by atoms with van der Waals surface area (Å²) < 4.78 is 0. The van der Waals surface area contributed by atoms with Gasteiger partial charge in [0.2, 0.25) is 11.8 Å². The van der Waals surface area contributed by atoms with E-state index in [2.05, 4.69) is 31.4 Å². The Hall–Kier alpha value is -1.28. The fourth-order valence-corrected chi connectivity index (χ4v) is 10.8. The molecule has 2 amide bonds. The lowest BCUT2D eigenvalue weighted by molar-refractivity contribution is -0.142. The van der Waals surface area contributed by atoms with Crippen LogP contribution in [-0.4, -0.2) is 58.2 Å². The maximum Gasteiger partial charge on any atom is 0.326 e. The normalized spacial score (nSPS) is 38.0. The van der Waals surface area contributed by atoms with Crippen LogP contribution >= 0.6 is 11.8 Å². The summed E-state index contributed by atoms with van der Waals surface area (Å²) in [5.74, 6) is 3.01. The first-order valence-corrected chi connectivity index (χ1v) is 18.2. The zero-order chi connectivity index (χ0) is 30.8. The van der Waals surface area contributed by atoms with Gasteiger partial charge in [-0.2, -0.15) is 11.8 Å². The number of fused-ring (bicyclic) bond motifs is 5. The molecule has 0 aliphatic heterocycles. The van der Waals surface area contributed by atoms with Crippen LogP contribution in [0.15, 0.2) is 0 Å². The van der Waals surface area contributed by atoms with Crippen LogP contribution in [0.1, 0.15) is 112 Å². The van der Waals surface area contributed by atoms with Gasteiger partial charge >= 0.3 is 5.97 Å². The van der Waals surface area contributed by atoms with Gasteiger partial charge in [0.1, 0.15) is 12.1 Å². The highest BCUT2D eigenvalue weighted by Gasteiger charge is 2.60. The zero-order valence-corrected chi connectivity index (χ0v) is 27.8. The topological polar surface area (TPSA) is 116 Å². The van der Waals surface area contributed by atoms with E-state index in [9.17, 15) is 24.6 Å². The highest BCUT2D eigenvalue weighted by Crippen LogP contribution is 2.68. The smallest absolute Gasteiger partial charge is 0.326 e. The van der Waals surface area contributed by atoms with Crippen LogP contribution < -0.4 is 10.6 Å². The molecule has 4 saturated carbocycles. The molecule has 4 rings (SSSR count). The predicted molar refractivity (Wildman–Crippen MR) is 169 cm³/mol. The van der Waals surface area contributed by atoms with Crippen molar-refractivity contribution in [1.29, 1.82) is 0 Å². The Morgan fingerprint density at radius 1 is 0.905 bits per heavy atom. The Balaban J connectivity index is 1.32. The molecule has 8 heteroatoms. The SMILES string of the molecule is CSCCC(NC(=O)C(NC(=O)CCC(C)[C@H]1CC[C@H]2[C@@H]3CC[C@@H]4C[C@H](O)CC[C@]4(C)[C@H]3CC[C@]12C)C(C)C)C(=O)O. The number of amides is 2. The maximum atomic E-state index is 13.1. The minimum Gasteiger partial charge on any atom is -0.480 e. The molecule has 0 saturated heterocycles. The lowest BCUT2D eigenvalue weighted by Gasteiger charge is -2.61. The molecule has 3 unspecified atom stereocenters. The molecule has 240 valence electrons. The number of carboxylic acids is 1. The Bertz CT molecular complexity index is 976. The first-order valence-electron chi connectivity index (χ1n) is 16.8.